The highest BCUT2D eigenvalue weighted by Gasteiger charge is 2.47. The molecular weight excluding hydrogens is 537 g/mol. The normalized spacial score (nSPS) is 18.7. The van der Waals surface area contributed by atoms with E-state index in [4.69, 9.17) is 9.16 Å². The molecule has 3 rings (SSSR count). The number of nitrogens with zero attached hydrogens (tertiary/aromatic N) is 2. The van der Waals surface area contributed by atoms with E-state index in [-0.39, 0.29) is 41.3 Å². The van der Waals surface area contributed by atoms with Crippen molar-refractivity contribution in [2.45, 2.75) is 104 Å². The molecule has 1 aromatic heterocycles. The molecule has 1 aromatic carbocycles. The average molecular weight is 586 g/mol. The van der Waals surface area contributed by atoms with Crippen LogP contribution >= 0.6 is 0 Å². The van der Waals surface area contributed by atoms with E-state index in [0.29, 0.717) is 12.1 Å². The second kappa shape index (κ2) is 12.5. The lowest BCUT2D eigenvalue weighted by molar-refractivity contribution is -0.120. The number of rotatable bonds is 10. The van der Waals surface area contributed by atoms with Gasteiger partial charge in [0.15, 0.2) is 0 Å². The fraction of sp³-hybridized carbons (Fsp3) is 0.594. The van der Waals surface area contributed by atoms with Gasteiger partial charge in [0.2, 0.25) is 14.2 Å². The molecule has 2 amide bonds. The maximum atomic E-state index is 14.0. The van der Waals surface area contributed by atoms with Crippen molar-refractivity contribution in [1.82, 2.24) is 10.3 Å². The number of ether oxygens (including phenoxy) is 1. The van der Waals surface area contributed by atoms with Crippen molar-refractivity contribution in [3.63, 3.8) is 0 Å². The molecule has 1 aliphatic rings. The molecule has 9 heteroatoms. The number of carbonyl (C=O) groups is 2. The van der Waals surface area contributed by atoms with Gasteiger partial charge >= 0.3 is 6.09 Å². The topological polar surface area (TPSA) is 80.8 Å². The van der Waals surface area contributed by atoms with Gasteiger partial charge in [0.1, 0.15) is 17.2 Å². The Labute approximate surface area is 246 Å². The summed E-state index contributed by atoms with van der Waals surface area (Å²) in [6, 6.07) is 10.4. The summed E-state index contributed by atoms with van der Waals surface area (Å²) in [7, 11) is -2.03. The Morgan fingerprint density at radius 2 is 1.73 bits per heavy atom. The van der Waals surface area contributed by atoms with E-state index < -0.39 is 25.8 Å². The minimum atomic E-state index is -2.03. The summed E-state index contributed by atoms with van der Waals surface area (Å²) in [5.41, 5.74) is 0.811. The number of aromatic nitrogens is 1. The quantitative estimate of drug-likeness (QED) is 0.289. The number of amides is 2. The minimum absolute atomic E-state index is 0.0431. The monoisotopic (exact) mass is 585 g/mol. The van der Waals surface area contributed by atoms with Gasteiger partial charge in [-0.3, -0.25) is 9.78 Å². The predicted molar refractivity (Wildman–Crippen MR) is 164 cm³/mol. The zero-order chi connectivity index (χ0) is 30.8. The molecule has 1 N–H and O–H groups in total. The number of hydrogen-bond acceptors (Lipinski definition) is 5. The van der Waals surface area contributed by atoms with Gasteiger partial charge < -0.3 is 19.4 Å². The average Bonchev–Trinajstić information content (AvgIpc) is 3.66. The fourth-order valence-electron chi connectivity index (χ4n) is 4.37. The molecule has 2 aromatic rings. The maximum absolute atomic E-state index is 14.0. The zero-order valence-electron chi connectivity index (χ0n) is 26.4. The van der Waals surface area contributed by atoms with E-state index in [1.54, 1.807) is 11.0 Å². The Hall–Kier alpha value is -2.94. The van der Waals surface area contributed by atoms with Crippen LogP contribution in [0.4, 0.5) is 14.9 Å². The van der Waals surface area contributed by atoms with Crippen LogP contribution in [0.5, 0.6) is 5.75 Å². The fourth-order valence-corrected chi connectivity index (χ4v) is 5.41. The van der Waals surface area contributed by atoms with E-state index in [1.165, 1.54) is 12.3 Å². The molecule has 4 atom stereocenters. The number of halogens is 1. The van der Waals surface area contributed by atoms with Crippen LogP contribution in [0.2, 0.25) is 18.1 Å². The standard InChI is InChI=1S/C32H48FN3O4Si/c1-11-21(2)28(35-30(38)39-31(3,4)5)20-36(29(37)26-18-25(26)27-17-12-22(33)19-34-27)23-13-15-24(16-14-23)40-41(9,10)32(6,7)8/h12-17,19,21,25-26,28H,11,18,20H2,1-10H3,(H,35,38)/t21-,25-,26-,28+/m0/s1. The number of pyridine rings is 1. The van der Waals surface area contributed by atoms with E-state index >= 15 is 0 Å². The molecule has 7 nitrogen and oxygen atoms in total. The van der Waals surface area contributed by atoms with Crippen molar-refractivity contribution >= 4 is 26.0 Å². The molecule has 0 saturated heterocycles. The molecule has 1 fully saturated rings. The Morgan fingerprint density at radius 1 is 1.10 bits per heavy atom. The molecule has 0 unspecified atom stereocenters. The lowest BCUT2D eigenvalue weighted by Crippen LogP contribution is -2.50. The first-order valence-corrected chi connectivity index (χ1v) is 17.5. The van der Waals surface area contributed by atoms with Crippen LogP contribution in [0.15, 0.2) is 42.6 Å². The molecule has 1 heterocycles. The molecular formula is C32H48FN3O4Si. The summed E-state index contributed by atoms with van der Waals surface area (Å²) in [5, 5.41) is 3.07. The van der Waals surface area contributed by atoms with Crippen LogP contribution < -0.4 is 14.6 Å². The third kappa shape index (κ3) is 8.77. The van der Waals surface area contributed by atoms with Crippen molar-refractivity contribution in [2.75, 3.05) is 11.4 Å². The Balaban J connectivity index is 1.89. The zero-order valence-corrected chi connectivity index (χ0v) is 27.4. The number of anilines is 1. The van der Waals surface area contributed by atoms with Gasteiger partial charge in [-0.2, -0.15) is 0 Å². The van der Waals surface area contributed by atoms with Crippen LogP contribution in [0.3, 0.4) is 0 Å². The van der Waals surface area contributed by atoms with Gasteiger partial charge in [0.25, 0.3) is 0 Å². The number of benzene rings is 1. The van der Waals surface area contributed by atoms with Crippen LogP contribution in [-0.2, 0) is 9.53 Å². The van der Waals surface area contributed by atoms with Crippen molar-refractivity contribution < 1.29 is 23.1 Å². The minimum Gasteiger partial charge on any atom is -0.544 e. The van der Waals surface area contributed by atoms with Crippen LogP contribution in [0.1, 0.15) is 79.8 Å². The van der Waals surface area contributed by atoms with Gasteiger partial charge in [-0.1, -0.05) is 41.0 Å². The van der Waals surface area contributed by atoms with E-state index in [9.17, 15) is 14.0 Å². The van der Waals surface area contributed by atoms with Gasteiger partial charge in [0.05, 0.1) is 12.2 Å². The number of carbonyl (C=O) groups excluding carboxylic acids is 2. The second-order valence-electron chi connectivity index (χ2n) is 13.8. The predicted octanol–water partition coefficient (Wildman–Crippen LogP) is 7.68. The van der Waals surface area contributed by atoms with E-state index in [0.717, 1.165) is 17.9 Å². The first-order chi connectivity index (χ1) is 18.9. The van der Waals surface area contributed by atoms with E-state index in [1.807, 2.05) is 45.0 Å². The highest BCUT2D eigenvalue weighted by atomic mass is 28.4. The summed E-state index contributed by atoms with van der Waals surface area (Å²) in [6.45, 7) is 20.9. The third-order valence-electron chi connectivity index (χ3n) is 8.24. The number of alkyl carbamates (subject to hydrolysis) is 1. The van der Waals surface area contributed by atoms with Crippen molar-refractivity contribution in [1.29, 1.82) is 0 Å². The van der Waals surface area contributed by atoms with Crippen LogP contribution in [0.25, 0.3) is 0 Å². The van der Waals surface area contributed by atoms with Gasteiger partial charge in [-0.15, -0.1) is 0 Å². The van der Waals surface area contributed by atoms with Gasteiger partial charge in [0, 0.05) is 29.8 Å². The molecule has 41 heavy (non-hydrogen) atoms. The number of hydrogen-bond donors (Lipinski definition) is 1. The van der Waals surface area contributed by atoms with Crippen molar-refractivity contribution in [2.24, 2.45) is 11.8 Å². The lowest BCUT2D eigenvalue weighted by atomic mass is 9.98. The summed E-state index contributed by atoms with van der Waals surface area (Å²) in [6.07, 6.45) is 2.15. The summed E-state index contributed by atoms with van der Waals surface area (Å²) >= 11 is 0. The summed E-state index contributed by atoms with van der Waals surface area (Å²) in [4.78, 5) is 32.8. The smallest absolute Gasteiger partial charge is 0.407 e. The summed E-state index contributed by atoms with van der Waals surface area (Å²) < 4.78 is 25.5. The number of nitrogens with one attached hydrogen (secondary N) is 1. The molecule has 1 aliphatic carbocycles. The van der Waals surface area contributed by atoms with Crippen molar-refractivity contribution in [3.8, 4) is 5.75 Å². The van der Waals surface area contributed by atoms with Crippen LogP contribution in [-0.4, -0.2) is 43.5 Å². The molecule has 226 valence electrons. The van der Waals surface area contributed by atoms with Gasteiger partial charge in [-0.05, 0) is 87.6 Å². The highest BCUT2D eigenvalue weighted by molar-refractivity contribution is 6.74. The second-order valence-corrected chi connectivity index (χ2v) is 18.5. The highest BCUT2D eigenvalue weighted by Crippen LogP contribution is 2.48. The molecule has 0 spiro atoms. The molecule has 0 aliphatic heterocycles. The lowest BCUT2D eigenvalue weighted by Gasteiger charge is -2.36. The SMILES string of the molecule is CC[C@H](C)[C@@H](CN(C(=O)[C@H]1C[C@@H]1c1ccc(F)cn1)c1ccc(O[Si](C)(C)C(C)(C)C)cc1)NC(=O)OC(C)(C)C. The Morgan fingerprint density at radius 3 is 2.24 bits per heavy atom. The first kappa shape index (κ1) is 32.6. The first-order valence-electron chi connectivity index (χ1n) is 14.6. The largest absolute Gasteiger partial charge is 0.544 e. The van der Waals surface area contributed by atoms with Crippen molar-refractivity contribution in [3.05, 3.63) is 54.1 Å². The third-order valence-corrected chi connectivity index (χ3v) is 12.6. The van der Waals surface area contributed by atoms with Gasteiger partial charge in [-0.25, -0.2) is 9.18 Å². The van der Waals surface area contributed by atoms with E-state index in [2.05, 4.69) is 58.0 Å². The Bertz CT molecular complexity index is 1190. The van der Waals surface area contributed by atoms with Crippen LogP contribution in [0, 0.1) is 17.7 Å². The maximum Gasteiger partial charge on any atom is 0.407 e. The molecule has 1 saturated carbocycles. The Kier molecular flexibility index (Phi) is 9.94. The molecule has 0 radical (unpaired) electrons. The molecule has 0 bridgehead atoms. The summed E-state index contributed by atoms with van der Waals surface area (Å²) in [5.74, 6) is 0.0931.